The average molecular weight is 206 g/mol. The van der Waals surface area contributed by atoms with Crippen LogP contribution in [0.25, 0.3) is 0 Å². The molecular weight excluding hydrogens is 196 g/mol. The Labute approximate surface area is 81.6 Å². The van der Waals surface area contributed by atoms with Gasteiger partial charge in [-0.15, -0.1) is 12.4 Å². The molecule has 4 heteroatoms. The molecule has 1 nitrogen and oxygen atoms in total. The zero-order chi connectivity index (χ0) is 8.55. The van der Waals surface area contributed by atoms with Crippen LogP contribution in [0.3, 0.4) is 0 Å². The standard InChI is InChI=1S/C9H9F2N.ClH/c10-6-2-1-3-7(11)9(6)8-4-5-12-8;/h1-3,8,12H,4-5H2;1H/t8-;/m1./s1. The number of nitrogens with one attached hydrogen (secondary N) is 1. The lowest BCUT2D eigenvalue weighted by molar-refractivity contribution is 0.356. The molecule has 0 bridgehead atoms. The third-order valence-electron chi connectivity index (χ3n) is 2.17. The molecule has 1 aliphatic rings. The van der Waals surface area contributed by atoms with Crippen molar-refractivity contribution in [2.75, 3.05) is 6.54 Å². The van der Waals surface area contributed by atoms with Crippen LogP contribution in [0, 0.1) is 11.6 Å². The summed E-state index contributed by atoms with van der Waals surface area (Å²) < 4.78 is 26.1. The van der Waals surface area contributed by atoms with Crippen LogP contribution in [0.4, 0.5) is 8.78 Å². The first kappa shape index (κ1) is 10.4. The second-order valence-corrected chi connectivity index (χ2v) is 2.93. The van der Waals surface area contributed by atoms with Gasteiger partial charge in [-0.3, -0.25) is 0 Å². The molecule has 0 spiro atoms. The van der Waals surface area contributed by atoms with Gasteiger partial charge in [0.05, 0.1) is 0 Å². The molecule has 1 aromatic carbocycles. The van der Waals surface area contributed by atoms with Crippen molar-refractivity contribution in [3.63, 3.8) is 0 Å². The first-order chi connectivity index (χ1) is 5.79. The van der Waals surface area contributed by atoms with Crippen LogP contribution in [0.15, 0.2) is 18.2 Å². The molecule has 0 amide bonds. The van der Waals surface area contributed by atoms with E-state index >= 15 is 0 Å². The molecule has 2 rings (SSSR count). The zero-order valence-corrected chi connectivity index (χ0v) is 7.70. The lowest BCUT2D eigenvalue weighted by atomic mass is 9.97. The fraction of sp³-hybridized carbons (Fsp3) is 0.333. The highest BCUT2D eigenvalue weighted by Crippen LogP contribution is 2.27. The topological polar surface area (TPSA) is 12.0 Å². The molecule has 1 heterocycles. The molecule has 0 aromatic heterocycles. The second kappa shape index (κ2) is 4.03. The minimum absolute atomic E-state index is 0. The Balaban J connectivity index is 0.000000845. The smallest absolute Gasteiger partial charge is 0.130 e. The molecule has 1 fully saturated rings. The summed E-state index contributed by atoms with van der Waals surface area (Å²) in [5.74, 6) is -0.903. The fourth-order valence-electron chi connectivity index (χ4n) is 1.38. The van der Waals surface area contributed by atoms with Crippen LogP contribution >= 0.6 is 12.4 Å². The quantitative estimate of drug-likeness (QED) is 0.743. The molecular formula is C9H10ClF2N. The molecule has 1 aromatic rings. The van der Waals surface area contributed by atoms with Crippen LogP contribution in [0.1, 0.15) is 18.0 Å². The van der Waals surface area contributed by atoms with Gasteiger partial charge in [-0.25, -0.2) is 8.78 Å². The Kier molecular flexibility index (Phi) is 3.22. The first-order valence-corrected chi connectivity index (χ1v) is 3.96. The van der Waals surface area contributed by atoms with E-state index in [0.717, 1.165) is 13.0 Å². The van der Waals surface area contributed by atoms with E-state index in [1.165, 1.54) is 18.2 Å². The van der Waals surface area contributed by atoms with E-state index < -0.39 is 11.6 Å². The van der Waals surface area contributed by atoms with Crippen LogP contribution in [-0.2, 0) is 0 Å². The Morgan fingerprint density at radius 2 is 1.77 bits per heavy atom. The fourth-order valence-corrected chi connectivity index (χ4v) is 1.38. The van der Waals surface area contributed by atoms with E-state index in [2.05, 4.69) is 5.32 Å². The van der Waals surface area contributed by atoms with Crippen LogP contribution < -0.4 is 5.32 Å². The molecule has 72 valence electrons. The van der Waals surface area contributed by atoms with Gasteiger partial charge < -0.3 is 5.32 Å². The van der Waals surface area contributed by atoms with E-state index in [0.29, 0.717) is 0 Å². The summed E-state index contributed by atoms with van der Waals surface area (Å²) in [4.78, 5) is 0. The molecule has 0 unspecified atom stereocenters. The number of hydrogen-bond acceptors (Lipinski definition) is 1. The molecule has 0 aliphatic carbocycles. The molecule has 0 radical (unpaired) electrons. The van der Waals surface area contributed by atoms with Crippen molar-refractivity contribution in [1.82, 2.24) is 5.32 Å². The summed E-state index contributed by atoms with van der Waals surface area (Å²) in [5, 5.41) is 2.96. The Hall–Kier alpha value is -0.670. The van der Waals surface area contributed by atoms with Crippen molar-refractivity contribution in [1.29, 1.82) is 0 Å². The van der Waals surface area contributed by atoms with Crippen molar-refractivity contribution in [2.45, 2.75) is 12.5 Å². The zero-order valence-electron chi connectivity index (χ0n) is 6.89. The van der Waals surface area contributed by atoms with Gasteiger partial charge in [0, 0.05) is 11.6 Å². The Bertz CT molecular complexity index is 279. The lowest BCUT2D eigenvalue weighted by Crippen LogP contribution is -2.36. The predicted molar refractivity (Wildman–Crippen MR) is 49.0 cm³/mol. The van der Waals surface area contributed by atoms with Gasteiger partial charge in [-0.05, 0) is 25.1 Å². The van der Waals surface area contributed by atoms with Gasteiger partial charge in [0.25, 0.3) is 0 Å². The third-order valence-corrected chi connectivity index (χ3v) is 2.17. The van der Waals surface area contributed by atoms with E-state index in [9.17, 15) is 8.78 Å². The van der Waals surface area contributed by atoms with Crippen molar-refractivity contribution in [3.8, 4) is 0 Å². The van der Waals surface area contributed by atoms with Gasteiger partial charge in [-0.1, -0.05) is 6.07 Å². The molecule has 1 atom stereocenters. The van der Waals surface area contributed by atoms with Crippen molar-refractivity contribution in [3.05, 3.63) is 35.4 Å². The largest absolute Gasteiger partial charge is 0.310 e. The van der Waals surface area contributed by atoms with Gasteiger partial charge in [-0.2, -0.15) is 0 Å². The number of halogens is 3. The van der Waals surface area contributed by atoms with Gasteiger partial charge in [0.2, 0.25) is 0 Å². The number of benzene rings is 1. The maximum absolute atomic E-state index is 13.0. The highest BCUT2D eigenvalue weighted by molar-refractivity contribution is 5.85. The van der Waals surface area contributed by atoms with E-state index in [4.69, 9.17) is 0 Å². The van der Waals surface area contributed by atoms with Gasteiger partial charge in [0.15, 0.2) is 0 Å². The number of rotatable bonds is 1. The summed E-state index contributed by atoms with van der Waals surface area (Å²) in [5.41, 5.74) is 0.184. The highest BCUT2D eigenvalue weighted by atomic mass is 35.5. The predicted octanol–water partition coefficient (Wildman–Crippen LogP) is 2.42. The Morgan fingerprint density at radius 1 is 1.23 bits per heavy atom. The molecule has 1 saturated heterocycles. The van der Waals surface area contributed by atoms with Crippen molar-refractivity contribution < 1.29 is 8.78 Å². The molecule has 0 saturated carbocycles. The third kappa shape index (κ3) is 1.81. The maximum atomic E-state index is 13.0. The monoisotopic (exact) mass is 205 g/mol. The van der Waals surface area contributed by atoms with E-state index in [1.807, 2.05) is 0 Å². The summed E-state index contributed by atoms with van der Waals surface area (Å²) in [7, 11) is 0. The average Bonchev–Trinajstić information content (AvgIpc) is 1.93. The summed E-state index contributed by atoms with van der Waals surface area (Å²) in [6.45, 7) is 0.846. The van der Waals surface area contributed by atoms with Gasteiger partial charge >= 0.3 is 0 Å². The minimum atomic E-state index is -0.452. The summed E-state index contributed by atoms with van der Waals surface area (Å²) >= 11 is 0. The van der Waals surface area contributed by atoms with Crippen LogP contribution in [0.5, 0.6) is 0 Å². The summed E-state index contributed by atoms with van der Waals surface area (Å²) in [6, 6.07) is 3.84. The summed E-state index contributed by atoms with van der Waals surface area (Å²) in [6.07, 6.45) is 0.817. The van der Waals surface area contributed by atoms with Crippen molar-refractivity contribution in [2.24, 2.45) is 0 Å². The number of hydrogen-bond donors (Lipinski definition) is 1. The normalized spacial score (nSPS) is 20.3. The van der Waals surface area contributed by atoms with E-state index in [-0.39, 0.29) is 24.0 Å². The first-order valence-electron chi connectivity index (χ1n) is 3.96. The molecule has 1 N–H and O–H groups in total. The van der Waals surface area contributed by atoms with Crippen LogP contribution in [-0.4, -0.2) is 6.54 Å². The SMILES string of the molecule is Cl.Fc1cccc(F)c1[C@H]1CCN1. The van der Waals surface area contributed by atoms with Crippen molar-refractivity contribution >= 4 is 12.4 Å². The molecule has 13 heavy (non-hydrogen) atoms. The van der Waals surface area contributed by atoms with Gasteiger partial charge in [0.1, 0.15) is 11.6 Å². The van der Waals surface area contributed by atoms with Crippen LogP contribution in [0.2, 0.25) is 0 Å². The second-order valence-electron chi connectivity index (χ2n) is 2.93. The minimum Gasteiger partial charge on any atom is -0.310 e. The maximum Gasteiger partial charge on any atom is 0.130 e. The molecule has 1 aliphatic heterocycles. The lowest BCUT2D eigenvalue weighted by Gasteiger charge is -2.28. The Morgan fingerprint density at radius 3 is 2.15 bits per heavy atom. The van der Waals surface area contributed by atoms with E-state index in [1.54, 1.807) is 0 Å². The highest BCUT2D eigenvalue weighted by Gasteiger charge is 2.24.